The number of nitrogens with zero attached hydrogens (tertiary/aromatic N) is 1. The first-order valence-electron chi connectivity index (χ1n) is 9.19. The summed E-state index contributed by atoms with van der Waals surface area (Å²) >= 11 is 0. The van der Waals surface area contributed by atoms with Crippen molar-refractivity contribution < 1.29 is 14.3 Å². The van der Waals surface area contributed by atoms with Crippen molar-refractivity contribution in [1.82, 2.24) is 10.3 Å². The second kappa shape index (κ2) is 10.0. The predicted molar refractivity (Wildman–Crippen MR) is 97.0 cm³/mol. The number of nitrogens with one attached hydrogen (secondary N) is 1. The van der Waals surface area contributed by atoms with Crippen molar-refractivity contribution in [3.05, 3.63) is 29.8 Å². The van der Waals surface area contributed by atoms with Gasteiger partial charge in [0, 0.05) is 19.0 Å². The van der Waals surface area contributed by atoms with E-state index in [0.717, 1.165) is 12.8 Å². The Balaban J connectivity index is 1.92. The van der Waals surface area contributed by atoms with Crippen molar-refractivity contribution in [2.45, 2.75) is 45.4 Å². The third-order valence-electron chi connectivity index (χ3n) is 4.67. The van der Waals surface area contributed by atoms with Crippen molar-refractivity contribution in [2.75, 3.05) is 19.7 Å². The fourth-order valence-corrected chi connectivity index (χ4v) is 3.11. The minimum absolute atomic E-state index is 0.0317. The number of likely N-dealkylation sites (tertiary alicyclic amines) is 1. The van der Waals surface area contributed by atoms with Crippen LogP contribution in [0.1, 0.15) is 55.8 Å². The van der Waals surface area contributed by atoms with Crippen LogP contribution >= 0.6 is 0 Å². The summed E-state index contributed by atoms with van der Waals surface area (Å²) in [5, 5.41) is 0. The first-order chi connectivity index (χ1) is 12.2. The summed E-state index contributed by atoms with van der Waals surface area (Å²) in [5.74, 6) is 5.54. The molecule has 6 nitrogen and oxygen atoms in total. The lowest BCUT2D eigenvalue weighted by molar-refractivity contribution is -0.126. The summed E-state index contributed by atoms with van der Waals surface area (Å²) in [6.07, 6.45) is 5.80. The van der Waals surface area contributed by atoms with Crippen molar-refractivity contribution in [3.8, 4) is 5.75 Å². The van der Waals surface area contributed by atoms with E-state index in [2.05, 4.69) is 12.3 Å². The van der Waals surface area contributed by atoms with Gasteiger partial charge in [-0.25, -0.2) is 5.84 Å². The highest BCUT2D eigenvalue weighted by Gasteiger charge is 2.28. The molecular formula is C19H29N3O3. The van der Waals surface area contributed by atoms with Crippen LogP contribution in [-0.4, -0.2) is 36.4 Å². The van der Waals surface area contributed by atoms with Crippen molar-refractivity contribution >= 4 is 11.8 Å². The molecule has 1 aliphatic heterocycles. The van der Waals surface area contributed by atoms with Gasteiger partial charge in [-0.3, -0.25) is 15.0 Å². The predicted octanol–water partition coefficient (Wildman–Crippen LogP) is 2.49. The lowest BCUT2D eigenvalue weighted by atomic mass is 9.95. The Morgan fingerprint density at radius 2 is 1.92 bits per heavy atom. The SMILES string of the molecule is CCCCCCOc1ccccc1C(=O)N1CCC(C(=O)NN)CC1. The van der Waals surface area contributed by atoms with Crippen LogP contribution in [0.2, 0.25) is 0 Å². The van der Waals surface area contributed by atoms with E-state index in [9.17, 15) is 9.59 Å². The van der Waals surface area contributed by atoms with Gasteiger partial charge in [-0.15, -0.1) is 0 Å². The highest BCUT2D eigenvalue weighted by atomic mass is 16.5. The van der Waals surface area contributed by atoms with Gasteiger partial charge >= 0.3 is 0 Å². The molecule has 3 N–H and O–H groups in total. The number of hydrogen-bond acceptors (Lipinski definition) is 4. The third-order valence-corrected chi connectivity index (χ3v) is 4.67. The minimum atomic E-state index is -0.150. The molecule has 2 amide bonds. The molecule has 1 heterocycles. The van der Waals surface area contributed by atoms with Crippen LogP contribution in [0, 0.1) is 5.92 Å². The first-order valence-corrected chi connectivity index (χ1v) is 9.19. The monoisotopic (exact) mass is 347 g/mol. The average molecular weight is 347 g/mol. The molecule has 0 aliphatic carbocycles. The molecule has 1 aliphatic rings. The summed E-state index contributed by atoms with van der Waals surface area (Å²) in [5.41, 5.74) is 2.79. The molecule has 0 radical (unpaired) electrons. The van der Waals surface area contributed by atoms with E-state index < -0.39 is 0 Å². The Morgan fingerprint density at radius 3 is 2.60 bits per heavy atom. The van der Waals surface area contributed by atoms with Gasteiger partial charge in [-0.05, 0) is 31.4 Å². The molecule has 1 aromatic carbocycles. The number of rotatable bonds is 8. The Labute approximate surface area is 149 Å². The molecule has 0 spiro atoms. The first kappa shape index (κ1) is 19.2. The van der Waals surface area contributed by atoms with Crippen LogP contribution in [0.15, 0.2) is 24.3 Å². The number of piperidine rings is 1. The Morgan fingerprint density at radius 1 is 1.20 bits per heavy atom. The number of para-hydroxylation sites is 1. The van der Waals surface area contributed by atoms with E-state index in [1.54, 1.807) is 4.90 Å². The maximum absolute atomic E-state index is 12.8. The van der Waals surface area contributed by atoms with Crippen LogP contribution in [0.25, 0.3) is 0 Å². The Hall–Kier alpha value is -2.08. The molecule has 25 heavy (non-hydrogen) atoms. The van der Waals surface area contributed by atoms with Gasteiger partial charge in [-0.1, -0.05) is 38.3 Å². The number of nitrogens with two attached hydrogens (primary N) is 1. The molecular weight excluding hydrogens is 318 g/mol. The van der Waals surface area contributed by atoms with Gasteiger partial charge in [0.25, 0.3) is 5.91 Å². The zero-order chi connectivity index (χ0) is 18.1. The van der Waals surface area contributed by atoms with Crippen molar-refractivity contribution in [1.29, 1.82) is 0 Å². The molecule has 1 saturated heterocycles. The van der Waals surface area contributed by atoms with Crippen LogP contribution in [0.5, 0.6) is 5.75 Å². The van der Waals surface area contributed by atoms with Gasteiger partial charge in [0.15, 0.2) is 0 Å². The molecule has 0 unspecified atom stereocenters. The molecule has 1 fully saturated rings. The molecule has 0 aromatic heterocycles. The fourth-order valence-electron chi connectivity index (χ4n) is 3.11. The number of hydrogen-bond donors (Lipinski definition) is 2. The highest BCUT2D eigenvalue weighted by Crippen LogP contribution is 2.24. The number of benzene rings is 1. The average Bonchev–Trinajstić information content (AvgIpc) is 2.67. The number of carbonyl (C=O) groups excluding carboxylic acids is 2. The van der Waals surface area contributed by atoms with Gasteiger partial charge in [0.2, 0.25) is 5.91 Å². The molecule has 2 rings (SSSR count). The largest absolute Gasteiger partial charge is 0.493 e. The summed E-state index contributed by atoms with van der Waals surface area (Å²) in [7, 11) is 0. The Bertz CT molecular complexity index is 569. The zero-order valence-electron chi connectivity index (χ0n) is 15.0. The molecule has 0 bridgehead atoms. The summed E-state index contributed by atoms with van der Waals surface area (Å²) in [4.78, 5) is 26.2. The Kier molecular flexibility index (Phi) is 7.73. The van der Waals surface area contributed by atoms with E-state index in [-0.39, 0.29) is 17.7 Å². The number of hydrazine groups is 1. The van der Waals surface area contributed by atoms with Gasteiger partial charge < -0.3 is 9.64 Å². The van der Waals surface area contributed by atoms with Crippen LogP contribution < -0.4 is 16.0 Å². The smallest absolute Gasteiger partial charge is 0.257 e. The van der Waals surface area contributed by atoms with E-state index in [0.29, 0.717) is 43.9 Å². The van der Waals surface area contributed by atoms with Gasteiger partial charge in [0.05, 0.1) is 12.2 Å². The zero-order valence-corrected chi connectivity index (χ0v) is 15.0. The highest BCUT2D eigenvalue weighted by molar-refractivity contribution is 5.97. The summed E-state index contributed by atoms with van der Waals surface area (Å²) in [6, 6.07) is 7.39. The van der Waals surface area contributed by atoms with E-state index >= 15 is 0 Å². The maximum atomic E-state index is 12.8. The molecule has 0 saturated carbocycles. The summed E-state index contributed by atoms with van der Waals surface area (Å²) in [6.45, 7) is 3.92. The quantitative estimate of drug-likeness (QED) is 0.327. The topological polar surface area (TPSA) is 84.7 Å². The second-order valence-electron chi connectivity index (χ2n) is 6.48. The van der Waals surface area contributed by atoms with Crippen LogP contribution in [0.3, 0.4) is 0 Å². The number of amides is 2. The number of unbranched alkanes of at least 4 members (excludes halogenated alkanes) is 3. The molecule has 0 atom stereocenters. The third kappa shape index (κ3) is 5.46. The molecule has 1 aromatic rings. The summed E-state index contributed by atoms with van der Waals surface area (Å²) < 4.78 is 5.84. The molecule has 138 valence electrons. The van der Waals surface area contributed by atoms with Gasteiger partial charge in [-0.2, -0.15) is 0 Å². The standard InChI is InChI=1S/C19H29N3O3/c1-2-3-4-7-14-25-17-9-6-5-8-16(17)19(24)22-12-10-15(11-13-22)18(23)21-20/h5-6,8-9,15H,2-4,7,10-14,20H2,1H3,(H,21,23). The lowest BCUT2D eigenvalue weighted by Crippen LogP contribution is -2.44. The van der Waals surface area contributed by atoms with Gasteiger partial charge in [0.1, 0.15) is 5.75 Å². The number of carbonyl (C=O) groups is 2. The fraction of sp³-hybridized carbons (Fsp3) is 0.579. The minimum Gasteiger partial charge on any atom is -0.493 e. The number of ether oxygens (including phenoxy) is 1. The van der Waals surface area contributed by atoms with Crippen molar-refractivity contribution in [3.63, 3.8) is 0 Å². The second-order valence-corrected chi connectivity index (χ2v) is 6.48. The van der Waals surface area contributed by atoms with E-state index in [1.165, 1.54) is 12.8 Å². The van der Waals surface area contributed by atoms with Crippen LogP contribution in [-0.2, 0) is 4.79 Å². The van der Waals surface area contributed by atoms with Crippen LogP contribution in [0.4, 0.5) is 0 Å². The van der Waals surface area contributed by atoms with E-state index in [4.69, 9.17) is 10.6 Å². The lowest BCUT2D eigenvalue weighted by Gasteiger charge is -2.31. The van der Waals surface area contributed by atoms with E-state index in [1.807, 2.05) is 24.3 Å². The molecule has 6 heteroatoms. The normalized spacial score (nSPS) is 15.0. The van der Waals surface area contributed by atoms with Crippen molar-refractivity contribution in [2.24, 2.45) is 11.8 Å². The maximum Gasteiger partial charge on any atom is 0.257 e.